The quantitative estimate of drug-likeness (QED) is 0.893. The number of hydrogen-bond donors (Lipinski definition) is 1. The minimum atomic E-state index is -0.200. The maximum Gasteiger partial charge on any atom is 0.223 e. The fourth-order valence-corrected chi connectivity index (χ4v) is 3.96. The van der Waals surface area contributed by atoms with Crippen LogP contribution in [0.1, 0.15) is 45.0 Å². The minimum Gasteiger partial charge on any atom is -0.377 e. The van der Waals surface area contributed by atoms with Crippen molar-refractivity contribution in [1.29, 1.82) is 0 Å². The van der Waals surface area contributed by atoms with Crippen LogP contribution in [0.4, 0.5) is 0 Å². The maximum absolute atomic E-state index is 11.6. The molecule has 23 heavy (non-hydrogen) atoms. The van der Waals surface area contributed by atoms with Gasteiger partial charge in [0, 0.05) is 25.0 Å². The van der Waals surface area contributed by atoms with Crippen LogP contribution in [0.2, 0.25) is 0 Å². The van der Waals surface area contributed by atoms with Crippen molar-refractivity contribution in [3.05, 3.63) is 18.2 Å². The SMILES string of the molecule is CC(C)n1ccnc1CN1CCC([C@H]2OCC[C@@H]2C(N)=O)CC1. The Kier molecular flexibility index (Phi) is 5.02. The van der Waals surface area contributed by atoms with E-state index in [1.54, 1.807) is 0 Å². The molecular weight excluding hydrogens is 292 g/mol. The molecule has 0 bridgehead atoms. The average molecular weight is 320 g/mol. The molecule has 3 rings (SSSR count). The topological polar surface area (TPSA) is 73.4 Å². The Bertz CT molecular complexity index is 534. The molecule has 1 amide bonds. The highest BCUT2D eigenvalue weighted by Crippen LogP contribution is 2.33. The molecule has 1 aromatic rings. The van der Waals surface area contributed by atoms with Gasteiger partial charge in [0.2, 0.25) is 5.91 Å². The van der Waals surface area contributed by atoms with E-state index in [2.05, 4.69) is 34.5 Å². The first-order chi connectivity index (χ1) is 11.1. The third-order valence-corrected chi connectivity index (χ3v) is 5.27. The van der Waals surface area contributed by atoms with Crippen molar-refractivity contribution in [2.45, 2.75) is 51.8 Å². The molecule has 1 aromatic heterocycles. The lowest BCUT2D eigenvalue weighted by molar-refractivity contribution is -0.124. The number of primary amides is 1. The monoisotopic (exact) mass is 320 g/mol. The van der Waals surface area contributed by atoms with Gasteiger partial charge in [0.05, 0.1) is 18.6 Å². The first-order valence-corrected chi connectivity index (χ1v) is 8.71. The Labute approximate surface area is 138 Å². The predicted molar refractivity (Wildman–Crippen MR) is 87.7 cm³/mol. The number of piperidine rings is 1. The van der Waals surface area contributed by atoms with Gasteiger partial charge in [-0.05, 0) is 52.1 Å². The van der Waals surface area contributed by atoms with Crippen LogP contribution < -0.4 is 5.73 Å². The minimum absolute atomic E-state index is 0.0345. The fourth-order valence-electron chi connectivity index (χ4n) is 3.96. The van der Waals surface area contributed by atoms with Gasteiger partial charge in [0.1, 0.15) is 5.82 Å². The largest absolute Gasteiger partial charge is 0.377 e. The second-order valence-corrected chi connectivity index (χ2v) is 7.09. The first-order valence-electron chi connectivity index (χ1n) is 8.71. The van der Waals surface area contributed by atoms with E-state index in [1.807, 2.05) is 6.20 Å². The zero-order valence-corrected chi connectivity index (χ0v) is 14.1. The van der Waals surface area contributed by atoms with Crippen LogP contribution in [0.15, 0.2) is 12.4 Å². The summed E-state index contributed by atoms with van der Waals surface area (Å²) in [5, 5.41) is 0. The molecule has 2 aliphatic heterocycles. The number of ether oxygens (including phenoxy) is 1. The van der Waals surface area contributed by atoms with Crippen molar-refractivity contribution in [3.63, 3.8) is 0 Å². The lowest BCUT2D eigenvalue weighted by atomic mass is 9.84. The van der Waals surface area contributed by atoms with Crippen LogP contribution in [0.3, 0.4) is 0 Å². The number of carbonyl (C=O) groups is 1. The second-order valence-electron chi connectivity index (χ2n) is 7.09. The smallest absolute Gasteiger partial charge is 0.223 e. The van der Waals surface area contributed by atoms with Crippen molar-refractivity contribution in [2.24, 2.45) is 17.6 Å². The lowest BCUT2D eigenvalue weighted by Crippen LogP contribution is -2.42. The molecule has 0 aliphatic carbocycles. The van der Waals surface area contributed by atoms with Crippen molar-refractivity contribution < 1.29 is 9.53 Å². The van der Waals surface area contributed by atoms with Crippen LogP contribution in [-0.4, -0.2) is 46.2 Å². The van der Waals surface area contributed by atoms with Gasteiger partial charge in [-0.25, -0.2) is 4.98 Å². The van der Waals surface area contributed by atoms with E-state index in [0.29, 0.717) is 18.6 Å². The molecule has 0 unspecified atom stereocenters. The molecule has 2 fully saturated rings. The summed E-state index contributed by atoms with van der Waals surface area (Å²) in [6.07, 6.45) is 6.88. The number of hydrogen-bond acceptors (Lipinski definition) is 4. The summed E-state index contributed by atoms with van der Waals surface area (Å²) >= 11 is 0. The number of likely N-dealkylation sites (tertiary alicyclic amines) is 1. The number of nitrogens with zero attached hydrogens (tertiary/aromatic N) is 3. The number of aromatic nitrogens is 2. The lowest BCUT2D eigenvalue weighted by Gasteiger charge is -2.35. The van der Waals surface area contributed by atoms with Crippen LogP contribution in [-0.2, 0) is 16.1 Å². The van der Waals surface area contributed by atoms with Gasteiger partial charge >= 0.3 is 0 Å². The van der Waals surface area contributed by atoms with Crippen LogP contribution in [0.5, 0.6) is 0 Å². The maximum atomic E-state index is 11.6. The van der Waals surface area contributed by atoms with Crippen LogP contribution in [0, 0.1) is 11.8 Å². The molecule has 128 valence electrons. The predicted octanol–water partition coefficient (Wildman–Crippen LogP) is 1.57. The van der Waals surface area contributed by atoms with Gasteiger partial charge in [-0.3, -0.25) is 9.69 Å². The highest BCUT2D eigenvalue weighted by Gasteiger charge is 2.39. The molecular formula is C17H28N4O2. The third-order valence-electron chi connectivity index (χ3n) is 5.27. The number of amides is 1. The molecule has 6 nitrogen and oxygen atoms in total. The van der Waals surface area contributed by atoms with Crippen molar-refractivity contribution in [2.75, 3.05) is 19.7 Å². The molecule has 0 aromatic carbocycles. The van der Waals surface area contributed by atoms with Gasteiger partial charge in [-0.2, -0.15) is 0 Å². The zero-order valence-electron chi connectivity index (χ0n) is 14.1. The summed E-state index contributed by atoms with van der Waals surface area (Å²) in [5.74, 6) is 1.29. The van der Waals surface area contributed by atoms with E-state index in [1.165, 1.54) is 0 Å². The summed E-state index contributed by atoms with van der Waals surface area (Å²) in [6.45, 7) is 7.98. The zero-order chi connectivity index (χ0) is 16.4. The van der Waals surface area contributed by atoms with E-state index >= 15 is 0 Å². The molecule has 0 radical (unpaired) electrons. The molecule has 2 N–H and O–H groups in total. The normalized spacial score (nSPS) is 26.9. The van der Waals surface area contributed by atoms with E-state index in [4.69, 9.17) is 10.5 Å². The van der Waals surface area contributed by atoms with Gasteiger partial charge in [0.25, 0.3) is 0 Å². The van der Waals surface area contributed by atoms with Crippen molar-refractivity contribution in [3.8, 4) is 0 Å². The molecule has 3 heterocycles. The van der Waals surface area contributed by atoms with Gasteiger partial charge in [-0.1, -0.05) is 0 Å². The summed E-state index contributed by atoms with van der Waals surface area (Å²) < 4.78 is 8.05. The summed E-state index contributed by atoms with van der Waals surface area (Å²) in [6, 6.07) is 0.438. The highest BCUT2D eigenvalue weighted by atomic mass is 16.5. The van der Waals surface area contributed by atoms with Gasteiger partial charge in [-0.15, -0.1) is 0 Å². The van der Waals surface area contributed by atoms with Gasteiger partial charge < -0.3 is 15.0 Å². The van der Waals surface area contributed by atoms with Crippen molar-refractivity contribution >= 4 is 5.91 Å². The second kappa shape index (κ2) is 7.01. The molecule has 2 saturated heterocycles. The number of nitrogens with two attached hydrogens (primary N) is 1. The average Bonchev–Trinajstić information content (AvgIpc) is 3.16. The first kappa shape index (κ1) is 16.5. The Morgan fingerprint density at radius 2 is 2.13 bits per heavy atom. The molecule has 2 aliphatic rings. The standard InChI is InChI=1S/C17H28N4O2/c1-12(2)21-9-6-19-15(21)11-20-7-3-13(4-8-20)16-14(17(18)22)5-10-23-16/h6,9,12-14,16H,3-5,7-8,10-11H2,1-2H3,(H2,18,22)/t14-,16+/m0/s1. The Hall–Kier alpha value is -1.40. The van der Waals surface area contributed by atoms with E-state index in [-0.39, 0.29) is 17.9 Å². The Morgan fingerprint density at radius 3 is 2.78 bits per heavy atom. The van der Waals surface area contributed by atoms with E-state index in [0.717, 1.165) is 44.7 Å². The molecule has 2 atom stereocenters. The number of carbonyl (C=O) groups excluding carboxylic acids is 1. The summed E-state index contributed by atoms with van der Waals surface area (Å²) in [4.78, 5) is 18.5. The van der Waals surface area contributed by atoms with Crippen LogP contribution >= 0.6 is 0 Å². The van der Waals surface area contributed by atoms with E-state index in [9.17, 15) is 4.79 Å². The summed E-state index contributed by atoms with van der Waals surface area (Å²) in [5.41, 5.74) is 5.52. The third kappa shape index (κ3) is 3.58. The molecule has 0 saturated carbocycles. The molecule has 0 spiro atoms. The van der Waals surface area contributed by atoms with Crippen molar-refractivity contribution in [1.82, 2.24) is 14.5 Å². The Balaban J connectivity index is 1.54. The summed E-state index contributed by atoms with van der Waals surface area (Å²) in [7, 11) is 0. The Morgan fingerprint density at radius 1 is 1.39 bits per heavy atom. The fraction of sp³-hybridized carbons (Fsp3) is 0.765. The van der Waals surface area contributed by atoms with E-state index < -0.39 is 0 Å². The number of rotatable bonds is 5. The van der Waals surface area contributed by atoms with Crippen LogP contribution in [0.25, 0.3) is 0 Å². The highest BCUT2D eigenvalue weighted by molar-refractivity contribution is 5.77. The number of imidazole rings is 1. The molecule has 6 heteroatoms. The van der Waals surface area contributed by atoms with Gasteiger partial charge in [0.15, 0.2) is 0 Å².